The zero-order valence-electron chi connectivity index (χ0n) is 11.9. The molecule has 0 aliphatic carbocycles. The largest absolute Gasteiger partial charge is 0.497 e. The van der Waals surface area contributed by atoms with Crippen LogP contribution < -0.4 is 10.5 Å². The topological polar surface area (TPSA) is 55.6 Å². The number of benzene rings is 1. The maximum Gasteiger partial charge on any atom is 0.256 e. The van der Waals surface area contributed by atoms with E-state index in [1.165, 1.54) is 19.2 Å². The summed E-state index contributed by atoms with van der Waals surface area (Å²) in [6.45, 7) is 3.21. The van der Waals surface area contributed by atoms with Crippen molar-refractivity contribution in [3.05, 3.63) is 29.6 Å². The lowest BCUT2D eigenvalue weighted by atomic mass is 9.92. The van der Waals surface area contributed by atoms with Gasteiger partial charge in [0.1, 0.15) is 11.6 Å². The van der Waals surface area contributed by atoms with Gasteiger partial charge in [-0.1, -0.05) is 0 Å². The van der Waals surface area contributed by atoms with Crippen LogP contribution in [0.3, 0.4) is 0 Å². The molecule has 110 valence electrons. The van der Waals surface area contributed by atoms with E-state index in [1.54, 1.807) is 11.0 Å². The molecule has 5 heteroatoms. The summed E-state index contributed by atoms with van der Waals surface area (Å²) in [6, 6.07) is 4.36. The number of amides is 1. The number of hydrogen-bond donors (Lipinski definition) is 1. The predicted octanol–water partition coefficient (Wildman–Crippen LogP) is 2.03. The minimum absolute atomic E-state index is 0.0475. The molecule has 20 heavy (non-hydrogen) atoms. The first-order valence-corrected chi connectivity index (χ1v) is 6.91. The van der Waals surface area contributed by atoms with Gasteiger partial charge in [0.05, 0.1) is 12.7 Å². The van der Waals surface area contributed by atoms with E-state index in [0.717, 1.165) is 12.8 Å². The summed E-state index contributed by atoms with van der Waals surface area (Å²) in [5, 5.41) is 0. The fourth-order valence-corrected chi connectivity index (χ4v) is 2.59. The van der Waals surface area contributed by atoms with Gasteiger partial charge in [-0.25, -0.2) is 4.39 Å². The standard InChI is InChI=1S/C15H21FN2O2/c1-10(17)11-4-3-7-18(9-11)15(19)13-6-5-12(20-2)8-14(13)16/h5-6,8,10-11H,3-4,7,9,17H2,1-2H3. The molecule has 1 amide bonds. The normalized spacial score (nSPS) is 20.6. The third-order valence-electron chi connectivity index (χ3n) is 3.90. The first kappa shape index (κ1) is 14.8. The highest BCUT2D eigenvalue weighted by molar-refractivity contribution is 5.94. The Morgan fingerprint density at radius 1 is 1.55 bits per heavy atom. The Kier molecular flexibility index (Phi) is 4.60. The van der Waals surface area contributed by atoms with Gasteiger partial charge in [0.2, 0.25) is 0 Å². The van der Waals surface area contributed by atoms with E-state index in [0.29, 0.717) is 18.8 Å². The summed E-state index contributed by atoms with van der Waals surface area (Å²) in [4.78, 5) is 14.1. The van der Waals surface area contributed by atoms with Gasteiger partial charge < -0.3 is 15.4 Å². The fourth-order valence-electron chi connectivity index (χ4n) is 2.59. The molecule has 1 aromatic rings. The van der Waals surface area contributed by atoms with E-state index in [2.05, 4.69) is 0 Å². The molecule has 1 aromatic carbocycles. The van der Waals surface area contributed by atoms with Gasteiger partial charge in [0.15, 0.2) is 0 Å². The van der Waals surface area contributed by atoms with E-state index in [4.69, 9.17) is 10.5 Å². The number of ether oxygens (including phenoxy) is 1. The summed E-state index contributed by atoms with van der Waals surface area (Å²) in [7, 11) is 1.47. The van der Waals surface area contributed by atoms with Crippen LogP contribution >= 0.6 is 0 Å². The molecule has 1 aliphatic heterocycles. The predicted molar refractivity (Wildman–Crippen MR) is 75.2 cm³/mol. The van der Waals surface area contributed by atoms with Gasteiger partial charge in [-0.05, 0) is 37.8 Å². The number of nitrogens with zero attached hydrogens (tertiary/aromatic N) is 1. The minimum Gasteiger partial charge on any atom is -0.497 e. The lowest BCUT2D eigenvalue weighted by molar-refractivity contribution is 0.0656. The van der Waals surface area contributed by atoms with Crippen molar-refractivity contribution in [2.45, 2.75) is 25.8 Å². The second-order valence-corrected chi connectivity index (χ2v) is 5.36. The highest BCUT2D eigenvalue weighted by Crippen LogP contribution is 2.23. The number of carbonyl (C=O) groups is 1. The molecule has 2 unspecified atom stereocenters. The molecular formula is C15H21FN2O2. The van der Waals surface area contributed by atoms with Gasteiger partial charge >= 0.3 is 0 Å². The van der Waals surface area contributed by atoms with Crippen molar-refractivity contribution in [3.8, 4) is 5.75 Å². The van der Waals surface area contributed by atoms with E-state index >= 15 is 0 Å². The summed E-state index contributed by atoms with van der Waals surface area (Å²) >= 11 is 0. The molecule has 0 spiro atoms. The van der Waals surface area contributed by atoms with Crippen molar-refractivity contribution in [3.63, 3.8) is 0 Å². The van der Waals surface area contributed by atoms with E-state index in [-0.39, 0.29) is 23.4 Å². The lowest BCUT2D eigenvalue weighted by Crippen LogP contribution is -2.45. The van der Waals surface area contributed by atoms with Crippen LogP contribution in [0, 0.1) is 11.7 Å². The molecular weight excluding hydrogens is 259 g/mol. The second kappa shape index (κ2) is 6.22. The number of methoxy groups -OCH3 is 1. The van der Waals surface area contributed by atoms with Crippen molar-refractivity contribution in [2.75, 3.05) is 20.2 Å². The van der Waals surface area contributed by atoms with Crippen LogP contribution in [0.1, 0.15) is 30.1 Å². The van der Waals surface area contributed by atoms with Crippen molar-refractivity contribution in [1.29, 1.82) is 0 Å². The number of piperidine rings is 1. The molecule has 0 radical (unpaired) electrons. The average Bonchev–Trinajstić information content (AvgIpc) is 2.46. The van der Waals surface area contributed by atoms with E-state index in [1.807, 2.05) is 6.92 Å². The molecule has 0 saturated carbocycles. The van der Waals surface area contributed by atoms with Crippen molar-refractivity contribution < 1.29 is 13.9 Å². The van der Waals surface area contributed by atoms with Crippen LogP contribution in [0.5, 0.6) is 5.75 Å². The molecule has 1 fully saturated rings. The molecule has 0 aromatic heterocycles. The van der Waals surface area contributed by atoms with Crippen LogP contribution in [-0.4, -0.2) is 37.0 Å². The molecule has 2 rings (SSSR count). The summed E-state index contributed by atoms with van der Waals surface area (Å²) in [6.07, 6.45) is 1.93. The maximum atomic E-state index is 13.9. The van der Waals surface area contributed by atoms with Gasteiger partial charge in [-0.2, -0.15) is 0 Å². The monoisotopic (exact) mass is 280 g/mol. The highest BCUT2D eigenvalue weighted by Gasteiger charge is 2.27. The third kappa shape index (κ3) is 3.10. The summed E-state index contributed by atoms with van der Waals surface area (Å²) < 4.78 is 18.9. The number of likely N-dealkylation sites (tertiary alicyclic amines) is 1. The van der Waals surface area contributed by atoms with Gasteiger partial charge in [0, 0.05) is 25.2 Å². The van der Waals surface area contributed by atoms with E-state index in [9.17, 15) is 9.18 Å². The third-order valence-corrected chi connectivity index (χ3v) is 3.90. The molecule has 1 saturated heterocycles. The summed E-state index contributed by atoms with van der Waals surface area (Å²) in [5.41, 5.74) is 6.00. The van der Waals surface area contributed by atoms with Crippen molar-refractivity contribution in [1.82, 2.24) is 4.90 Å². The average molecular weight is 280 g/mol. The Balaban J connectivity index is 2.14. The molecule has 4 nitrogen and oxygen atoms in total. The van der Waals surface area contributed by atoms with Crippen LogP contribution in [0.2, 0.25) is 0 Å². The maximum absolute atomic E-state index is 13.9. The Morgan fingerprint density at radius 3 is 2.90 bits per heavy atom. The fraction of sp³-hybridized carbons (Fsp3) is 0.533. The molecule has 1 heterocycles. The van der Waals surface area contributed by atoms with Crippen LogP contribution in [-0.2, 0) is 0 Å². The minimum atomic E-state index is -0.544. The van der Waals surface area contributed by atoms with Crippen molar-refractivity contribution >= 4 is 5.91 Å². The van der Waals surface area contributed by atoms with Crippen LogP contribution in [0.25, 0.3) is 0 Å². The number of rotatable bonds is 3. The zero-order valence-corrected chi connectivity index (χ0v) is 11.9. The second-order valence-electron chi connectivity index (χ2n) is 5.36. The molecule has 2 atom stereocenters. The van der Waals surface area contributed by atoms with Crippen LogP contribution in [0.4, 0.5) is 4.39 Å². The number of halogens is 1. The zero-order chi connectivity index (χ0) is 14.7. The number of carbonyl (C=O) groups excluding carboxylic acids is 1. The Bertz CT molecular complexity index is 491. The Labute approximate surface area is 118 Å². The SMILES string of the molecule is COc1ccc(C(=O)N2CCCC(C(C)N)C2)c(F)c1. The Hall–Kier alpha value is -1.62. The van der Waals surface area contributed by atoms with Gasteiger partial charge in [-0.3, -0.25) is 4.79 Å². The highest BCUT2D eigenvalue weighted by atomic mass is 19.1. The lowest BCUT2D eigenvalue weighted by Gasteiger charge is -2.34. The smallest absolute Gasteiger partial charge is 0.256 e. The molecule has 0 bridgehead atoms. The number of hydrogen-bond acceptors (Lipinski definition) is 3. The first-order chi connectivity index (χ1) is 9.52. The van der Waals surface area contributed by atoms with E-state index < -0.39 is 5.82 Å². The molecule has 2 N–H and O–H groups in total. The van der Waals surface area contributed by atoms with Gasteiger partial charge in [0.25, 0.3) is 5.91 Å². The van der Waals surface area contributed by atoms with Crippen LogP contribution in [0.15, 0.2) is 18.2 Å². The summed E-state index contributed by atoms with van der Waals surface area (Å²) in [5.74, 6) is -0.118. The quantitative estimate of drug-likeness (QED) is 0.921. The Morgan fingerprint density at radius 2 is 2.30 bits per heavy atom. The molecule has 1 aliphatic rings. The first-order valence-electron chi connectivity index (χ1n) is 6.91. The van der Waals surface area contributed by atoms with Crippen molar-refractivity contribution in [2.24, 2.45) is 11.7 Å². The number of nitrogens with two attached hydrogens (primary N) is 1. The van der Waals surface area contributed by atoms with Gasteiger partial charge in [-0.15, -0.1) is 0 Å².